The van der Waals surface area contributed by atoms with Crippen LogP contribution in [0.5, 0.6) is 0 Å². The Labute approximate surface area is 128 Å². The van der Waals surface area contributed by atoms with Gasteiger partial charge in [-0.2, -0.15) is 0 Å². The van der Waals surface area contributed by atoms with Crippen LogP contribution in [0.2, 0.25) is 0 Å². The van der Waals surface area contributed by atoms with E-state index in [1.807, 2.05) is 30.0 Å². The Morgan fingerprint density at radius 2 is 1.86 bits per heavy atom. The lowest BCUT2D eigenvalue weighted by Crippen LogP contribution is -2.41. The van der Waals surface area contributed by atoms with Gasteiger partial charge in [0.15, 0.2) is 0 Å². The van der Waals surface area contributed by atoms with Gasteiger partial charge in [-0.15, -0.1) is 0 Å². The number of hydrogen-bond donors (Lipinski definition) is 0. The second-order valence-electron chi connectivity index (χ2n) is 6.07. The summed E-state index contributed by atoms with van der Waals surface area (Å²) in [6, 6.07) is 12.4. The first-order chi connectivity index (χ1) is 10.7. The number of aryl methyl sites for hydroxylation is 1. The number of ether oxygens (including phenoxy) is 2. The highest BCUT2D eigenvalue weighted by molar-refractivity contribution is 6.11. The van der Waals surface area contributed by atoms with Crippen LogP contribution in [0.15, 0.2) is 36.4 Å². The van der Waals surface area contributed by atoms with Crippen molar-refractivity contribution in [3.63, 3.8) is 0 Å². The highest BCUT2D eigenvalue weighted by Gasteiger charge is 2.57. The Kier molecular flexibility index (Phi) is 2.23. The van der Waals surface area contributed by atoms with Crippen molar-refractivity contribution in [1.82, 2.24) is 0 Å². The molecule has 3 aliphatic rings. The summed E-state index contributed by atoms with van der Waals surface area (Å²) >= 11 is 0. The van der Waals surface area contributed by atoms with E-state index in [1.165, 1.54) is 5.56 Å². The van der Waals surface area contributed by atoms with Gasteiger partial charge in [0.2, 0.25) is 0 Å². The Morgan fingerprint density at radius 1 is 1.09 bits per heavy atom. The van der Waals surface area contributed by atoms with Gasteiger partial charge in [0.05, 0.1) is 25.4 Å². The Morgan fingerprint density at radius 3 is 2.68 bits per heavy atom. The molecule has 0 saturated carbocycles. The number of carbonyl (C=O) groups is 1. The van der Waals surface area contributed by atoms with Gasteiger partial charge in [-0.3, -0.25) is 4.79 Å². The Balaban J connectivity index is 1.86. The van der Waals surface area contributed by atoms with Crippen LogP contribution in [-0.4, -0.2) is 19.1 Å². The van der Waals surface area contributed by atoms with Gasteiger partial charge in [-0.05, 0) is 35.7 Å². The van der Waals surface area contributed by atoms with Crippen LogP contribution in [0.3, 0.4) is 0 Å². The smallest absolute Gasteiger partial charge is 0.292 e. The van der Waals surface area contributed by atoms with Gasteiger partial charge in [-0.25, -0.2) is 0 Å². The summed E-state index contributed by atoms with van der Waals surface area (Å²) in [5, 5.41) is 0. The molecule has 5 rings (SSSR count). The van der Waals surface area contributed by atoms with E-state index in [4.69, 9.17) is 9.47 Å². The normalized spacial score (nSPS) is 20.4. The second-order valence-corrected chi connectivity index (χ2v) is 6.07. The minimum absolute atomic E-state index is 0.0960. The summed E-state index contributed by atoms with van der Waals surface area (Å²) in [7, 11) is 0. The van der Waals surface area contributed by atoms with Crippen LogP contribution in [0.25, 0.3) is 11.1 Å². The third-order valence-corrected chi connectivity index (χ3v) is 4.74. The third kappa shape index (κ3) is 1.32. The molecule has 1 saturated heterocycles. The quantitative estimate of drug-likeness (QED) is 0.749. The Bertz CT molecular complexity index is 821. The number of anilines is 1. The molecule has 0 unspecified atom stereocenters. The van der Waals surface area contributed by atoms with E-state index in [0.717, 1.165) is 27.9 Å². The monoisotopic (exact) mass is 293 g/mol. The third-order valence-electron chi connectivity index (χ3n) is 4.74. The van der Waals surface area contributed by atoms with Crippen molar-refractivity contribution in [3.8, 4) is 11.1 Å². The van der Waals surface area contributed by atoms with Crippen LogP contribution in [0, 0.1) is 6.92 Å². The highest BCUT2D eigenvalue weighted by atomic mass is 16.7. The minimum Gasteiger partial charge on any atom is -0.336 e. The molecule has 0 aromatic heterocycles. The van der Waals surface area contributed by atoms with Gasteiger partial charge in [-0.1, -0.05) is 24.3 Å². The van der Waals surface area contributed by atoms with E-state index in [-0.39, 0.29) is 5.91 Å². The van der Waals surface area contributed by atoms with Gasteiger partial charge in [0, 0.05) is 11.1 Å². The topological polar surface area (TPSA) is 38.8 Å². The lowest BCUT2D eigenvalue weighted by atomic mass is 9.91. The first-order valence-corrected chi connectivity index (χ1v) is 7.54. The summed E-state index contributed by atoms with van der Waals surface area (Å²) in [5.41, 5.74) is 6.38. The fourth-order valence-corrected chi connectivity index (χ4v) is 3.85. The van der Waals surface area contributed by atoms with E-state index in [2.05, 4.69) is 18.2 Å². The second kappa shape index (κ2) is 3.97. The lowest BCUT2D eigenvalue weighted by molar-refractivity contribution is -0.180. The minimum atomic E-state index is -1.22. The molecular formula is C18H15NO3. The molecule has 22 heavy (non-hydrogen) atoms. The maximum Gasteiger partial charge on any atom is 0.292 e. The molecule has 2 aromatic rings. The van der Waals surface area contributed by atoms with Crippen LogP contribution in [0.4, 0.5) is 5.69 Å². The summed E-state index contributed by atoms with van der Waals surface area (Å²) in [4.78, 5) is 14.8. The van der Waals surface area contributed by atoms with Gasteiger partial charge >= 0.3 is 0 Å². The SMILES string of the molecule is Cc1cc2c3c(c1)C1(OCCO1)C(=O)N3Cc1ccccc1-2. The van der Waals surface area contributed by atoms with Crippen LogP contribution in [-0.2, 0) is 26.6 Å². The predicted octanol–water partition coefficient (Wildman–Crippen LogP) is 2.72. The molecule has 110 valence electrons. The van der Waals surface area contributed by atoms with Crippen molar-refractivity contribution in [2.24, 2.45) is 0 Å². The number of carbonyl (C=O) groups excluding carboxylic acids is 1. The zero-order valence-electron chi connectivity index (χ0n) is 12.3. The van der Waals surface area contributed by atoms with Crippen LogP contribution >= 0.6 is 0 Å². The first-order valence-electron chi connectivity index (χ1n) is 7.54. The molecule has 1 fully saturated rings. The molecule has 0 bridgehead atoms. The van der Waals surface area contributed by atoms with E-state index < -0.39 is 5.79 Å². The zero-order chi connectivity index (χ0) is 14.9. The Hall–Kier alpha value is -2.17. The van der Waals surface area contributed by atoms with Gasteiger partial charge in [0.25, 0.3) is 11.7 Å². The number of hydrogen-bond acceptors (Lipinski definition) is 3. The van der Waals surface area contributed by atoms with Gasteiger partial charge in [0.1, 0.15) is 0 Å². The van der Waals surface area contributed by atoms with Crippen LogP contribution < -0.4 is 4.90 Å². The number of amides is 1. The number of nitrogens with zero attached hydrogens (tertiary/aromatic N) is 1. The number of benzene rings is 2. The molecule has 4 heteroatoms. The van der Waals surface area contributed by atoms with E-state index in [0.29, 0.717) is 19.8 Å². The molecule has 0 atom stereocenters. The van der Waals surface area contributed by atoms with Crippen molar-refractivity contribution in [3.05, 3.63) is 53.1 Å². The van der Waals surface area contributed by atoms with E-state index in [9.17, 15) is 4.79 Å². The molecule has 1 spiro atoms. The predicted molar refractivity (Wildman–Crippen MR) is 81.4 cm³/mol. The fourth-order valence-electron chi connectivity index (χ4n) is 3.85. The molecule has 1 amide bonds. The number of rotatable bonds is 0. The summed E-state index contributed by atoms with van der Waals surface area (Å²) < 4.78 is 11.6. The standard InChI is InChI=1S/C18H15NO3/c1-11-8-14-13-5-3-2-4-12(13)10-19-16(14)15(9-11)18(17(19)20)21-6-7-22-18/h2-5,8-9H,6-7,10H2,1H3. The molecule has 0 N–H and O–H groups in total. The van der Waals surface area contributed by atoms with Crippen molar-refractivity contribution in [2.75, 3.05) is 18.1 Å². The summed E-state index contributed by atoms with van der Waals surface area (Å²) in [5.74, 6) is -1.32. The molecule has 2 aromatic carbocycles. The van der Waals surface area contributed by atoms with E-state index >= 15 is 0 Å². The lowest BCUT2D eigenvalue weighted by Gasteiger charge is -2.27. The molecule has 3 aliphatic heterocycles. The summed E-state index contributed by atoms with van der Waals surface area (Å²) in [6.45, 7) is 3.53. The maximum absolute atomic E-state index is 13.0. The molecule has 3 heterocycles. The molecule has 0 aliphatic carbocycles. The first kappa shape index (κ1) is 12.4. The zero-order valence-corrected chi connectivity index (χ0v) is 12.3. The average molecular weight is 293 g/mol. The largest absolute Gasteiger partial charge is 0.336 e. The molecule has 0 radical (unpaired) electrons. The van der Waals surface area contributed by atoms with Gasteiger partial charge < -0.3 is 14.4 Å². The average Bonchev–Trinajstić information content (AvgIpc) is 3.10. The maximum atomic E-state index is 13.0. The van der Waals surface area contributed by atoms with Crippen molar-refractivity contribution in [2.45, 2.75) is 19.3 Å². The molecule has 4 nitrogen and oxygen atoms in total. The van der Waals surface area contributed by atoms with Crippen LogP contribution in [0.1, 0.15) is 16.7 Å². The van der Waals surface area contributed by atoms with E-state index in [1.54, 1.807) is 0 Å². The highest BCUT2D eigenvalue weighted by Crippen LogP contribution is 2.53. The molecular weight excluding hydrogens is 278 g/mol. The fraction of sp³-hybridized carbons (Fsp3) is 0.278. The van der Waals surface area contributed by atoms with Crippen molar-refractivity contribution >= 4 is 11.6 Å². The summed E-state index contributed by atoms with van der Waals surface area (Å²) in [6.07, 6.45) is 0. The number of fused-ring (bicyclic) bond motifs is 3. The van der Waals surface area contributed by atoms with Crippen molar-refractivity contribution in [1.29, 1.82) is 0 Å². The van der Waals surface area contributed by atoms with Crippen molar-refractivity contribution < 1.29 is 14.3 Å².